The first-order chi connectivity index (χ1) is 12.0. The van der Waals surface area contributed by atoms with Crippen LogP contribution in [0.5, 0.6) is 0 Å². The van der Waals surface area contributed by atoms with Crippen molar-refractivity contribution in [3.8, 4) is 0 Å². The largest absolute Gasteiger partial charge is 0.449 e. The zero-order valence-electron chi connectivity index (χ0n) is 13.5. The van der Waals surface area contributed by atoms with Gasteiger partial charge in [0.25, 0.3) is 5.91 Å². The minimum atomic E-state index is -1.12. The van der Waals surface area contributed by atoms with E-state index in [2.05, 4.69) is 10.6 Å². The molecular formula is C18H17ClN2O4. The molecule has 25 heavy (non-hydrogen) atoms. The number of rotatable bonds is 5. The van der Waals surface area contributed by atoms with Crippen LogP contribution in [0.2, 0.25) is 5.02 Å². The molecule has 2 rings (SSSR count). The summed E-state index contributed by atoms with van der Waals surface area (Å²) in [5, 5.41) is 5.16. The minimum absolute atomic E-state index is 0.262. The first-order valence-electron chi connectivity index (χ1n) is 7.55. The fourth-order valence-electron chi connectivity index (χ4n) is 1.90. The summed E-state index contributed by atoms with van der Waals surface area (Å²) in [7, 11) is 0. The van der Waals surface area contributed by atoms with E-state index in [9.17, 15) is 14.4 Å². The molecule has 2 aromatic carbocycles. The molecular weight excluding hydrogens is 344 g/mol. The van der Waals surface area contributed by atoms with Gasteiger partial charge in [0.05, 0.1) is 5.56 Å². The predicted octanol–water partition coefficient (Wildman–Crippen LogP) is 2.91. The van der Waals surface area contributed by atoms with Crippen molar-refractivity contribution in [2.45, 2.75) is 19.6 Å². The molecule has 2 aromatic rings. The molecule has 0 aliphatic rings. The van der Waals surface area contributed by atoms with Crippen LogP contribution in [0.4, 0.5) is 4.79 Å². The van der Waals surface area contributed by atoms with Crippen LogP contribution in [0.15, 0.2) is 54.6 Å². The van der Waals surface area contributed by atoms with Gasteiger partial charge < -0.3 is 10.1 Å². The van der Waals surface area contributed by atoms with Crippen molar-refractivity contribution < 1.29 is 19.1 Å². The summed E-state index contributed by atoms with van der Waals surface area (Å²) in [6.45, 7) is 1.66. The van der Waals surface area contributed by atoms with Gasteiger partial charge in [0.2, 0.25) is 0 Å². The number of halogens is 1. The van der Waals surface area contributed by atoms with Crippen molar-refractivity contribution in [1.82, 2.24) is 10.6 Å². The number of carbonyl (C=O) groups excluding carboxylic acids is 3. The normalized spacial score (nSPS) is 11.3. The molecule has 0 aliphatic carbocycles. The third kappa shape index (κ3) is 5.93. The van der Waals surface area contributed by atoms with Gasteiger partial charge in [-0.3, -0.25) is 10.1 Å². The molecule has 0 radical (unpaired) electrons. The molecule has 0 saturated carbocycles. The summed E-state index contributed by atoms with van der Waals surface area (Å²) < 4.78 is 5.03. The second kappa shape index (κ2) is 8.84. The van der Waals surface area contributed by atoms with Crippen LogP contribution < -0.4 is 10.6 Å². The number of carbonyl (C=O) groups is 3. The van der Waals surface area contributed by atoms with Gasteiger partial charge in [0.1, 0.15) is 0 Å². The Balaban J connectivity index is 1.80. The number of nitrogens with one attached hydrogen (secondary N) is 2. The van der Waals surface area contributed by atoms with Gasteiger partial charge in [-0.2, -0.15) is 0 Å². The number of imide groups is 1. The average molecular weight is 361 g/mol. The molecule has 3 amide bonds. The van der Waals surface area contributed by atoms with E-state index < -0.39 is 24.0 Å². The van der Waals surface area contributed by atoms with Crippen molar-refractivity contribution in [3.63, 3.8) is 0 Å². The van der Waals surface area contributed by atoms with E-state index in [1.807, 2.05) is 30.3 Å². The standard InChI is InChI=1S/C18H17ClN2O4/c1-12(25-17(23)14-7-9-15(19)10-8-14)16(22)21-18(24)20-11-13-5-3-2-4-6-13/h2-10,12H,11H2,1H3,(H2,20,21,22,24). The van der Waals surface area contributed by atoms with Crippen molar-refractivity contribution in [2.24, 2.45) is 0 Å². The monoisotopic (exact) mass is 360 g/mol. The number of benzene rings is 2. The first kappa shape index (κ1) is 18.5. The molecule has 2 N–H and O–H groups in total. The lowest BCUT2D eigenvalue weighted by Crippen LogP contribution is -2.44. The molecule has 0 aromatic heterocycles. The van der Waals surface area contributed by atoms with E-state index >= 15 is 0 Å². The molecule has 0 fully saturated rings. The Morgan fingerprint density at radius 2 is 1.68 bits per heavy atom. The summed E-state index contributed by atoms with van der Waals surface area (Å²) in [4.78, 5) is 35.6. The quantitative estimate of drug-likeness (QED) is 0.803. The number of hydrogen-bond donors (Lipinski definition) is 2. The summed E-state index contributed by atoms with van der Waals surface area (Å²) in [5.41, 5.74) is 1.16. The maximum Gasteiger partial charge on any atom is 0.338 e. The number of ether oxygens (including phenoxy) is 1. The highest BCUT2D eigenvalue weighted by molar-refractivity contribution is 6.30. The van der Waals surface area contributed by atoms with Gasteiger partial charge in [0, 0.05) is 11.6 Å². The van der Waals surface area contributed by atoms with Gasteiger partial charge in [-0.15, -0.1) is 0 Å². The van der Waals surface area contributed by atoms with Crippen LogP contribution in [-0.2, 0) is 16.1 Å². The second-order valence-electron chi connectivity index (χ2n) is 5.21. The lowest BCUT2D eigenvalue weighted by atomic mass is 10.2. The van der Waals surface area contributed by atoms with E-state index in [1.54, 1.807) is 12.1 Å². The molecule has 0 saturated heterocycles. The summed E-state index contributed by atoms with van der Waals surface area (Å²) in [6, 6.07) is 14.6. The van der Waals surface area contributed by atoms with Crippen LogP contribution in [0.25, 0.3) is 0 Å². The molecule has 0 bridgehead atoms. The zero-order valence-corrected chi connectivity index (χ0v) is 14.2. The van der Waals surface area contributed by atoms with Crippen molar-refractivity contribution >= 4 is 29.5 Å². The van der Waals surface area contributed by atoms with Gasteiger partial charge >= 0.3 is 12.0 Å². The lowest BCUT2D eigenvalue weighted by molar-refractivity contribution is -0.127. The van der Waals surface area contributed by atoms with Crippen LogP contribution in [0, 0.1) is 0 Å². The van der Waals surface area contributed by atoms with E-state index in [0.29, 0.717) is 5.02 Å². The number of urea groups is 1. The van der Waals surface area contributed by atoms with Crippen molar-refractivity contribution in [1.29, 1.82) is 0 Å². The molecule has 7 heteroatoms. The molecule has 0 spiro atoms. The summed E-state index contributed by atoms with van der Waals surface area (Å²) >= 11 is 5.74. The van der Waals surface area contributed by atoms with E-state index in [0.717, 1.165) is 5.56 Å². The average Bonchev–Trinajstić information content (AvgIpc) is 2.61. The minimum Gasteiger partial charge on any atom is -0.449 e. The molecule has 0 heterocycles. The Kier molecular flexibility index (Phi) is 6.54. The summed E-state index contributed by atoms with van der Waals surface area (Å²) in [5.74, 6) is -1.39. The molecule has 0 aliphatic heterocycles. The Bertz CT molecular complexity index is 747. The van der Waals surface area contributed by atoms with E-state index in [4.69, 9.17) is 16.3 Å². The third-order valence-corrected chi connectivity index (χ3v) is 3.52. The van der Waals surface area contributed by atoms with Gasteiger partial charge in [-0.1, -0.05) is 41.9 Å². The maximum absolute atomic E-state index is 11.9. The van der Waals surface area contributed by atoms with Crippen LogP contribution in [0.3, 0.4) is 0 Å². The van der Waals surface area contributed by atoms with Crippen LogP contribution in [0.1, 0.15) is 22.8 Å². The molecule has 6 nitrogen and oxygen atoms in total. The Hall–Kier alpha value is -2.86. The Morgan fingerprint density at radius 1 is 1.04 bits per heavy atom. The maximum atomic E-state index is 11.9. The molecule has 1 unspecified atom stereocenters. The smallest absolute Gasteiger partial charge is 0.338 e. The van der Waals surface area contributed by atoms with Gasteiger partial charge in [0.15, 0.2) is 6.10 Å². The highest BCUT2D eigenvalue weighted by Gasteiger charge is 2.20. The van der Waals surface area contributed by atoms with E-state index in [-0.39, 0.29) is 12.1 Å². The third-order valence-electron chi connectivity index (χ3n) is 3.27. The van der Waals surface area contributed by atoms with Crippen molar-refractivity contribution in [2.75, 3.05) is 0 Å². The topological polar surface area (TPSA) is 84.5 Å². The second-order valence-corrected chi connectivity index (χ2v) is 5.65. The Morgan fingerprint density at radius 3 is 2.32 bits per heavy atom. The van der Waals surface area contributed by atoms with Gasteiger partial charge in [-0.25, -0.2) is 9.59 Å². The molecule has 130 valence electrons. The number of hydrogen-bond acceptors (Lipinski definition) is 4. The summed E-state index contributed by atoms with van der Waals surface area (Å²) in [6.07, 6.45) is -1.12. The van der Waals surface area contributed by atoms with Gasteiger partial charge in [-0.05, 0) is 36.8 Å². The number of amides is 3. The van der Waals surface area contributed by atoms with E-state index in [1.165, 1.54) is 19.1 Å². The van der Waals surface area contributed by atoms with Crippen LogP contribution in [-0.4, -0.2) is 24.0 Å². The van der Waals surface area contributed by atoms with Crippen molar-refractivity contribution in [3.05, 3.63) is 70.7 Å². The highest BCUT2D eigenvalue weighted by Crippen LogP contribution is 2.11. The number of esters is 1. The predicted molar refractivity (Wildman–Crippen MR) is 93.1 cm³/mol. The highest BCUT2D eigenvalue weighted by atomic mass is 35.5. The fourth-order valence-corrected chi connectivity index (χ4v) is 2.03. The zero-order chi connectivity index (χ0) is 18.2. The fraction of sp³-hybridized carbons (Fsp3) is 0.167. The first-order valence-corrected chi connectivity index (χ1v) is 7.92. The Labute approximate surface area is 150 Å². The lowest BCUT2D eigenvalue weighted by Gasteiger charge is -2.13. The SMILES string of the molecule is CC(OC(=O)c1ccc(Cl)cc1)C(=O)NC(=O)NCc1ccccc1. The molecule has 1 atom stereocenters. The van der Waals surface area contributed by atoms with Crippen LogP contribution >= 0.6 is 11.6 Å².